The average Bonchev–Trinajstić information content (AvgIpc) is 1.97. The van der Waals surface area contributed by atoms with Crippen LogP contribution in [0.3, 0.4) is 0 Å². The summed E-state index contributed by atoms with van der Waals surface area (Å²) in [6, 6.07) is 0.766. The molecule has 2 rings (SSSR count). The zero-order valence-corrected chi connectivity index (χ0v) is 8.94. The van der Waals surface area contributed by atoms with E-state index in [2.05, 4.69) is 11.8 Å². The van der Waals surface area contributed by atoms with E-state index in [-0.39, 0.29) is 5.92 Å². The molecule has 1 unspecified atom stereocenters. The molecule has 1 N–H and O–H groups in total. The molecule has 3 nitrogen and oxygen atoms in total. The van der Waals surface area contributed by atoms with E-state index in [1.807, 2.05) is 6.92 Å². The van der Waals surface area contributed by atoms with Gasteiger partial charge in [0.15, 0.2) is 0 Å². The zero-order valence-electron chi connectivity index (χ0n) is 8.94. The Kier molecular flexibility index (Phi) is 2.52. The molecule has 0 aromatic heterocycles. The van der Waals surface area contributed by atoms with Gasteiger partial charge in [-0.05, 0) is 24.7 Å². The van der Waals surface area contributed by atoms with E-state index in [0.29, 0.717) is 5.92 Å². The normalized spacial score (nSPS) is 35.9. The lowest BCUT2D eigenvalue weighted by atomic mass is 9.76. The number of aliphatic carboxylic acids is 1. The summed E-state index contributed by atoms with van der Waals surface area (Å²) in [4.78, 5) is 13.2. The minimum absolute atomic E-state index is 0.163. The molecule has 3 heteroatoms. The summed E-state index contributed by atoms with van der Waals surface area (Å²) < 4.78 is 0. The van der Waals surface area contributed by atoms with Crippen LogP contribution in [0.15, 0.2) is 0 Å². The van der Waals surface area contributed by atoms with Crippen LogP contribution >= 0.6 is 0 Å². The van der Waals surface area contributed by atoms with Crippen LogP contribution in [0.5, 0.6) is 0 Å². The van der Waals surface area contributed by atoms with Crippen molar-refractivity contribution < 1.29 is 9.90 Å². The third-order valence-electron chi connectivity index (χ3n) is 3.90. The van der Waals surface area contributed by atoms with Gasteiger partial charge in [0.1, 0.15) is 0 Å². The van der Waals surface area contributed by atoms with E-state index in [0.717, 1.165) is 25.0 Å². The first kappa shape index (κ1) is 9.97. The summed E-state index contributed by atoms with van der Waals surface area (Å²) in [7, 11) is 0. The maximum absolute atomic E-state index is 10.7. The molecule has 1 aliphatic heterocycles. The molecule has 1 saturated heterocycles. The summed E-state index contributed by atoms with van der Waals surface area (Å²) in [6.45, 7) is 6.12. The number of carboxylic acid groups (broad SMARTS) is 1. The SMILES string of the molecule is CC1CC(N2CC(C(C)C(=O)O)C2)C1. The van der Waals surface area contributed by atoms with Crippen LogP contribution in [0.4, 0.5) is 0 Å². The van der Waals surface area contributed by atoms with Crippen molar-refractivity contribution >= 4 is 5.97 Å². The first-order valence-corrected chi connectivity index (χ1v) is 5.54. The van der Waals surface area contributed by atoms with Crippen LogP contribution < -0.4 is 0 Å². The van der Waals surface area contributed by atoms with E-state index in [1.54, 1.807) is 0 Å². The quantitative estimate of drug-likeness (QED) is 0.744. The van der Waals surface area contributed by atoms with E-state index in [1.165, 1.54) is 12.8 Å². The highest BCUT2D eigenvalue weighted by Crippen LogP contribution is 2.36. The number of nitrogens with zero attached hydrogens (tertiary/aromatic N) is 1. The monoisotopic (exact) mass is 197 g/mol. The van der Waals surface area contributed by atoms with Gasteiger partial charge in [-0.3, -0.25) is 9.69 Å². The highest BCUT2D eigenvalue weighted by Gasteiger charge is 2.41. The second kappa shape index (κ2) is 3.54. The van der Waals surface area contributed by atoms with Crippen LogP contribution in [0.1, 0.15) is 26.7 Å². The Bertz CT molecular complexity index is 229. The van der Waals surface area contributed by atoms with Crippen LogP contribution in [-0.2, 0) is 4.79 Å². The molecule has 2 fully saturated rings. The second-order valence-electron chi connectivity index (χ2n) is 5.07. The Hall–Kier alpha value is -0.570. The molecule has 0 amide bonds. The van der Waals surface area contributed by atoms with E-state index < -0.39 is 5.97 Å². The van der Waals surface area contributed by atoms with E-state index in [9.17, 15) is 4.79 Å². The average molecular weight is 197 g/mol. The molecule has 2 aliphatic rings. The van der Waals surface area contributed by atoms with Crippen molar-refractivity contribution in [2.45, 2.75) is 32.7 Å². The lowest BCUT2D eigenvalue weighted by molar-refractivity contribution is -0.146. The van der Waals surface area contributed by atoms with Crippen molar-refractivity contribution in [3.05, 3.63) is 0 Å². The minimum atomic E-state index is -0.642. The van der Waals surface area contributed by atoms with Crippen molar-refractivity contribution in [1.82, 2.24) is 4.90 Å². The summed E-state index contributed by atoms with van der Waals surface area (Å²) in [6.07, 6.45) is 2.63. The maximum atomic E-state index is 10.7. The van der Waals surface area contributed by atoms with Gasteiger partial charge in [-0.15, -0.1) is 0 Å². The number of rotatable bonds is 3. The summed E-state index contributed by atoms with van der Waals surface area (Å²) in [5.41, 5.74) is 0. The molecular weight excluding hydrogens is 178 g/mol. The highest BCUT2D eigenvalue weighted by atomic mass is 16.4. The molecule has 14 heavy (non-hydrogen) atoms. The lowest BCUT2D eigenvalue weighted by Crippen LogP contribution is -2.58. The molecule has 0 spiro atoms. The van der Waals surface area contributed by atoms with Crippen LogP contribution in [-0.4, -0.2) is 35.1 Å². The van der Waals surface area contributed by atoms with Crippen LogP contribution in [0.25, 0.3) is 0 Å². The fourth-order valence-corrected chi connectivity index (χ4v) is 2.52. The van der Waals surface area contributed by atoms with Gasteiger partial charge in [-0.1, -0.05) is 13.8 Å². The fourth-order valence-electron chi connectivity index (χ4n) is 2.52. The Morgan fingerprint density at radius 1 is 1.43 bits per heavy atom. The third-order valence-corrected chi connectivity index (χ3v) is 3.90. The summed E-state index contributed by atoms with van der Waals surface area (Å²) >= 11 is 0. The summed E-state index contributed by atoms with van der Waals surface area (Å²) in [5.74, 6) is 0.472. The maximum Gasteiger partial charge on any atom is 0.306 e. The first-order chi connectivity index (χ1) is 6.58. The zero-order chi connectivity index (χ0) is 10.3. The topological polar surface area (TPSA) is 40.5 Å². The Balaban J connectivity index is 1.72. The number of hydrogen-bond acceptors (Lipinski definition) is 2. The molecule has 1 saturated carbocycles. The molecule has 0 aromatic carbocycles. The first-order valence-electron chi connectivity index (χ1n) is 5.54. The molecule has 0 bridgehead atoms. The Labute approximate surface area is 85.1 Å². The number of carbonyl (C=O) groups is 1. The fraction of sp³-hybridized carbons (Fsp3) is 0.909. The molecule has 1 aliphatic carbocycles. The van der Waals surface area contributed by atoms with Crippen LogP contribution in [0, 0.1) is 17.8 Å². The van der Waals surface area contributed by atoms with Gasteiger partial charge >= 0.3 is 5.97 Å². The lowest BCUT2D eigenvalue weighted by Gasteiger charge is -2.51. The van der Waals surface area contributed by atoms with Gasteiger partial charge in [0.25, 0.3) is 0 Å². The van der Waals surface area contributed by atoms with Gasteiger partial charge in [0, 0.05) is 19.1 Å². The van der Waals surface area contributed by atoms with Crippen molar-refractivity contribution in [1.29, 1.82) is 0 Å². The number of hydrogen-bond donors (Lipinski definition) is 1. The molecular formula is C11H19NO2. The van der Waals surface area contributed by atoms with Crippen molar-refractivity contribution in [3.63, 3.8) is 0 Å². The smallest absolute Gasteiger partial charge is 0.306 e. The van der Waals surface area contributed by atoms with Gasteiger partial charge in [0.05, 0.1) is 5.92 Å². The van der Waals surface area contributed by atoms with Gasteiger partial charge in [-0.2, -0.15) is 0 Å². The number of likely N-dealkylation sites (tertiary alicyclic amines) is 1. The van der Waals surface area contributed by atoms with Crippen molar-refractivity contribution in [3.8, 4) is 0 Å². The molecule has 1 atom stereocenters. The van der Waals surface area contributed by atoms with Crippen LogP contribution in [0.2, 0.25) is 0 Å². The van der Waals surface area contributed by atoms with Crippen molar-refractivity contribution in [2.75, 3.05) is 13.1 Å². The van der Waals surface area contributed by atoms with E-state index in [4.69, 9.17) is 5.11 Å². The Morgan fingerprint density at radius 3 is 2.43 bits per heavy atom. The summed E-state index contributed by atoms with van der Waals surface area (Å²) in [5, 5.41) is 8.84. The standard InChI is InChI=1S/C11H19NO2/c1-7-3-10(4-7)12-5-9(6-12)8(2)11(13)14/h7-10H,3-6H2,1-2H3,(H,13,14). The third kappa shape index (κ3) is 1.65. The van der Waals surface area contributed by atoms with Gasteiger partial charge in [0.2, 0.25) is 0 Å². The largest absolute Gasteiger partial charge is 0.481 e. The predicted molar refractivity (Wildman–Crippen MR) is 54.0 cm³/mol. The second-order valence-corrected chi connectivity index (χ2v) is 5.07. The van der Waals surface area contributed by atoms with E-state index >= 15 is 0 Å². The van der Waals surface area contributed by atoms with Gasteiger partial charge in [-0.25, -0.2) is 0 Å². The van der Waals surface area contributed by atoms with Gasteiger partial charge < -0.3 is 5.11 Å². The Morgan fingerprint density at radius 2 is 2.00 bits per heavy atom. The highest BCUT2D eigenvalue weighted by molar-refractivity contribution is 5.70. The molecule has 0 radical (unpaired) electrons. The predicted octanol–water partition coefficient (Wildman–Crippen LogP) is 1.44. The molecule has 0 aromatic rings. The molecule has 1 heterocycles. The number of carboxylic acids is 1. The van der Waals surface area contributed by atoms with Crippen molar-refractivity contribution in [2.24, 2.45) is 17.8 Å². The minimum Gasteiger partial charge on any atom is -0.481 e. The molecule has 80 valence electrons.